The summed E-state index contributed by atoms with van der Waals surface area (Å²) >= 11 is 1.63. The third-order valence-corrected chi connectivity index (χ3v) is 4.33. The number of aryl methyl sites for hydroxylation is 2. The van der Waals surface area contributed by atoms with Crippen LogP contribution in [0.5, 0.6) is 0 Å². The van der Waals surface area contributed by atoms with Gasteiger partial charge in [-0.15, -0.1) is 10.2 Å². The van der Waals surface area contributed by atoms with Crippen molar-refractivity contribution < 1.29 is 4.74 Å². The number of hydrogen-bond donors (Lipinski definition) is 1. The zero-order valence-electron chi connectivity index (χ0n) is 12.4. The maximum Gasteiger partial charge on any atom is 0.206 e. The molecule has 0 fully saturated rings. The molecule has 2 aromatic heterocycles. The second kappa shape index (κ2) is 6.48. The third-order valence-electron chi connectivity index (χ3n) is 3.42. The molecule has 114 valence electrons. The lowest BCUT2D eigenvalue weighted by Gasteiger charge is -2.22. The van der Waals surface area contributed by atoms with Crippen LogP contribution in [0.2, 0.25) is 0 Å². The molecule has 0 aliphatic carbocycles. The summed E-state index contributed by atoms with van der Waals surface area (Å²) in [5.74, 6) is 1.71. The lowest BCUT2D eigenvalue weighted by Crippen LogP contribution is -2.22. The van der Waals surface area contributed by atoms with Crippen LogP contribution in [0.3, 0.4) is 0 Å². The van der Waals surface area contributed by atoms with E-state index in [1.54, 1.807) is 18.4 Å². The van der Waals surface area contributed by atoms with Gasteiger partial charge in [0.15, 0.2) is 5.82 Å². The van der Waals surface area contributed by atoms with Crippen LogP contribution >= 0.6 is 11.3 Å². The van der Waals surface area contributed by atoms with Crippen LogP contribution in [0.1, 0.15) is 48.9 Å². The highest BCUT2D eigenvalue weighted by molar-refractivity contribution is 7.15. The number of methoxy groups -OCH3 is 1. The molecule has 21 heavy (non-hydrogen) atoms. The summed E-state index contributed by atoms with van der Waals surface area (Å²) in [6, 6.07) is 0.152. The molecule has 8 heteroatoms. The van der Waals surface area contributed by atoms with Gasteiger partial charge in [-0.3, -0.25) is 0 Å². The van der Waals surface area contributed by atoms with E-state index in [0.717, 1.165) is 54.0 Å². The second-order valence-corrected chi connectivity index (χ2v) is 6.19. The summed E-state index contributed by atoms with van der Waals surface area (Å²) in [5.41, 5.74) is 0. The van der Waals surface area contributed by atoms with E-state index in [1.807, 2.05) is 4.68 Å². The van der Waals surface area contributed by atoms with Gasteiger partial charge in [-0.05, 0) is 19.3 Å². The molecular weight excluding hydrogens is 288 g/mol. The van der Waals surface area contributed by atoms with E-state index < -0.39 is 0 Å². The van der Waals surface area contributed by atoms with Gasteiger partial charge in [0, 0.05) is 20.1 Å². The van der Waals surface area contributed by atoms with E-state index in [9.17, 15) is 0 Å². The third kappa shape index (κ3) is 3.21. The Labute approximate surface area is 127 Å². The minimum Gasteiger partial charge on any atom is -0.377 e. The quantitative estimate of drug-likeness (QED) is 0.881. The Balaban J connectivity index is 1.74. The van der Waals surface area contributed by atoms with Crippen molar-refractivity contribution in [1.29, 1.82) is 0 Å². The standard InChI is InChI=1S/C13H20N6OS/c1-3-5-11-16-17-13(21-11)14-9-6-4-7-19-12(9)15-10(18-19)8-20-2/h9H,3-8H2,1-2H3,(H,14,17)/t9-/m0/s1. The maximum atomic E-state index is 5.11. The van der Waals surface area contributed by atoms with Crippen molar-refractivity contribution in [2.75, 3.05) is 12.4 Å². The maximum absolute atomic E-state index is 5.11. The highest BCUT2D eigenvalue weighted by atomic mass is 32.1. The van der Waals surface area contributed by atoms with Gasteiger partial charge in [0.05, 0.1) is 6.04 Å². The summed E-state index contributed by atoms with van der Waals surface area (Å²) in [7, 11) is 1.66. The lowest BCUT2D eigenvalue weighted by molar-refractivity contribution is 0.177. The summed E-state index contributed by atoms with van der Waals surface area (Å²) in [6.45, 7) is 3.52. The fourth-order valence-corrected chi connectivity index (χ4v) is 3.40. The van der Waals surface area contributed by atoms with Crippen LogP contribution in [0.4, 0.5) is 5.13 Å². The van der Waals surface area contributed by atoms with Gasteiger partial charge in [-0.2, -0.15) is 5.10 Å². The Hall–Kier alpha value is -1.54. The molecule has 3 rings (SSSR count). The number of anilines is 1. The number of rotatable bonds is 6. The van der Waals surface area contributed by atoms with Gasteiger partial charge in [-0.25, -0.2) is 9.67 Å². The Morgan fingerprint density at radius 1 is 1.43 bits per heavy atom. The molecule has 0 unspecified atom stereocenters. The van der Waals surface area contributed by atoms with Crippen LogP contribution in [-0.2, 0) is 24.3 Å². The van der Waals surface area contributed by atoms with Gasteiger partial charge in [0.1, 0.15) is 17.4 Å². The fraction of sp³-hybridized carbons (Fsp3) is 0.692. The molecule has 0 amide bonds. The predicted molar refractivity (Wildman–Crippen MR) is 80.2 cm³/mol. The minimum atomic E-state index is 0.152. The monoisotopic (exact) mass is 308 g/mol. The van der Waals surface area contributed by atoms with Crippen LogP contribution < -0.4 is 5.32 Å². The number of nitrogens with zero attached hydrogens (tertiary/aromatic N) is 5. The average molecular weight is 308 g/mol. The van der Waals surface area contributed by atoms with Crippen molar-refractivity contribution in [3.63, 3.8) is 0 Å². The predicted octanol–water partition coefficient (Wildman–Crippen LogP) is 2.18. The number of hydrogen-bond acceptors (Lipinski definition) is 7. The van der Waals surface area contributed by atoms with E-state index in [-0.39, 0.29) is 6.04 Å². The van der Waals surface area contributed by atoms with Gasteiger partial charge in [-0.1, -0.05) is 18.3 Å². The molecule has 0 radical (unpaired) electrons. The van der Waals surface area contributed by atoms with Crippen molar-refractivity contribution in [3.05, 3.63) is 16.7 Å². The SMILES string of the molecule is CCCc1nnc(N[C@H]2CCCn3nc(COC)nc32)s1. The minimum absolute atomic E-state index is 0.152. The Bertz CT molecular complexity index is 595. The summed E-state index contributed by atoms with van der Waals surface area (Å²) in [6.07, 6.45) is 4.19. The lowest BCUT2D eigenvalue weighted by atomic mass is 10.1. The van der Waals surface area contributed by atoms with E-state index in [2.05, 4.69) is 32.5 Å². The highest BCUT2D eigenvalue weighted by Crippen LogP contribution is 2.28. The number of fused-ring (bicyclic) bond motifs is 1. The smallest absolute Gasteiger partial charge is 0.206 e. The zero-order chi connectivity index (χ0) is 14.7. The molecule has 2 aromatic rings. The molecule has 0 spiro atoms. The van der Waals surface area contributed by atoms with Crippen molar-refractivity contribution >= 4 is 16.5 Å². The normalized spacial score (nSPS) is 17.7. The van der Waals surface area contributed by atoms with Crippen molar-refractivity contribution in [1.82, 2.24) is 25.0 Å². The molecule has 0 saturated heterocycles. The topological polar surface area (TPSA) is 77.8 Å². The Morgan fingerprint density at radius 2 is 2.33 bits per heavy atom. The molecule has 0 bridgehead atoms. The first-order valence-electron chi connectivity index (χ1n) is 7.31. The zero-order valence-corrected chi connectivity index (χ0v) is 13.2. The molecule has 1 atom stereocenters. The molecule has 1 aliphatic heterocycles. The van der Waals surface area contributed by atoms with Crippen molar-refractivity contribution in [2.45, 2.75) is 51.8 Å². The van der Waals surface area contributed by atoms with Gasteiger partial charge < -0.3 is 10.1 Å². The van der Waals surface area contributed by atoms with Crippen LogP contribution in [-0.4, -0.2) is 32.1 Å². The average Bonchev–Trinajstić information content (AvgIpc) is 3.07. The Kier molecular flexibility index (Phi) is 4.45. The van der Waals surface area contributed by atoms with E-state index in [0.29, 0.717) is 6.61 Å². The number of nitrogens with one attached hydrogen (secondary N) is 1. The first kappa shape index (κ1) is 14.4. The van der Waals surface area contributed by atoms with E-state index >= 15 is 0 Å². The van der Waals surface area contributed by atoms with Gasteiger partial charge in [0.2, 0.25) is 5.13 Å². The molecule has 1 N–H and O–H groups in total. The van der Waals surface area contributed by atoms with Crippen LogP contribution in [0.25, 0.3) is 0 Å². The van der Waals surface area contributed by atoms with E-state index in [4.69, 9.17) is 4.74 Å². The van der Waals surface area contributed by atoms with Crippen molar-refractivity contribution in [3.8, 4) is 0 Å². The second-order valence-electron chi connectivity index (χ2n) is 5.13. The Morgan fingerprint density at radius 3 is 3.14 bits per heavy atom. The largest absolute Gasteiger partial charge is 0.377 e. The highest BCUT2D eigenvalue weighted by Gasteiger charge is 2.25. The molecular formula is C13H20N6OS. The first-order chi connectivity index (χ1) is 10.3. The first-order valence-corrected chi connectivity index (χ1v) is 8.13. The van der Waals surface area contributed by atoms with E-state index in [1.165, 1.54) is 0 Å². The summed E-state index contributed by atoms with van der Waals surface area (Å²) in [4.78, 5) is 4.58. The summed E-state index contributed by atoms with van der Waals surface area (Å²) in [5, 5.41) is 18.3. The van der Waals surface area contributed by atoms with Gasteiger partial charge >= 0.3 is 0 Å². The number of aromatic nitrogens is 5. The molecule has 1 aliphatic rings. The van der Waals surface area contributed by atoms with Crippen LogP contribution in [0, 0.1) is 0 Å². The summed E-state index contributed by atoms with van der Waals surface area (Å²) < 4.78 is 7.09. The van der Waals surface area contributed by atoms with Gasteiger partial charge in [0.25, 0.3) is 0 Å². The number of ether oxygens (including phenoxy) is 1. The van der Waals surface area contributed by atoms with Crippen LogP contribution in [0.15, 0.2) is 0 Å². The molecule has 0 aromatic carbocycles. The fourth-order valence-electron chi connectivity index (χ4n) is 2.50. The molecule has 0 saturated carbocycles. The van der Waals surface area contributed by atoms with Crippen molar-refractivity contribution in [2.24, 2.45) is 0 Å². The molecule has 3 heterocycles. The molecule has 7 nitrogen and oxygen atoms in total.